The third-order valence-corrected chi connectivity index (χ3v) is 4.65. The van der Waals surface area contributed by atoms with Crippen molar-refractivity contribution < 1.29 is 23.1 Å². The first-order valence-corrected chi connectivity index (χ1v) is 8.13. The van der Waals surface area contributed by atoms with E-state index in [-0.39, 0.29) is 29.9 Å². The zero-order valence-corrected chi connectivity index (χ0v) is 14.0. The van der Waals surface area contributed by atoms with E-state index in [1.165, 1.54) is 6.07 Å². The minimum atomic E-state index is -2.58. The molecule has 24 heavy (non-hydrogen) atoms. The van der Waals surface area contributed by atoms with Crippen molar-refractivity contribution in [3.8, 4) is 0 Å². The molecule has 1 N–H and O–H groups in total. The standard InChI is InChI=1S/C18H21F2NO3/c1-17(2,3)11-8-12(10-4-6-18(19,20)7-5-10)21-13-9-14(16(22)23)24-15(11)13/h8-10H,4-7H2,1-3H3,(H,22,23). The molecule has 2 aromatic heterocycles. The molecule has 130 valence electrons. The van der Waals surface area contributed by atoms with E-state index in [4.69, 9.17) is 9.52 Å². The van der Waals surface area contributed by atoms with Gasteiger partial charge in [0.2, 0.25) is 11.7 Å². The predicted octanol–water partition coefficient (Wildman–Crippen LogP) is 5.12. The van der Waals surface area contributed by atoms with Gasteiger partial charge < -0.3 is 9.52 Å². The molecule has 0 aliphatic heterocycles. The summed E-state index contributed by atoms with van der Waals surface area (Å²) >= 11 is 0. The van der Waals surface area contributed by atoms with Gasteiger partial charge in [0.05, 0.1) is 0 Å². The van der Waals surface area contributed by atoms with Crippen LogP contribution in [0.25, 0.3) is 11.1 Å². The summed E-state index contributed by atoms with van der Waals surface area (Å²) in [5.41, 5.74) is 2.27. The summed E-state index contributed by atoms with van der Waals surface area (Å²) in [6.07, 6.45) is 0.513. The van der Waals surface area contributed by atoms with Gasteiger partial charge in [-0.05, 0) is 24.3 Å². The predicted molar refractivity (Wildman–Crippen MR) is 85.8 cm³/mol. The number of nitrogens with zero attached hydrogens (tertiary/aromatic N) is 1. The van der Waals surface area contributed by atoms with E-state index in [1.54, 1.807) is 0 Å². The SMILES string of the molecule is CC(C)(C)c1cc(C2CCC(F)(F)CC2)nc2cc(C(=O)O)oc12. The van der Waals surface area contributed by atoms with Crippen molar-refractivity contribution in [3.63, 3.8) is 0 Å². The molecule has 1 aliphatic rings. The first kappa shape index (κ1) is 16.9. The summed E-state index contributed by atoms with van der Waals surface area (Å²) < 4.78 is 32.3. The second-order valence-corrected chi connectivity index (χ2v) is 7.61. The van der Waals surface area contributed by atoms with Gasteiger partial charge in [-0.3, -0.25) is 0 Å². The number of carbonyl (C=O) groups is 1. The Kier molecular flexibility index (Phi) is 3.89. The molecule has 1 saturated carbocycles. The van der Waals surface area contributed by atoms with Crippen LogP contribution >= 0.6 is 0 Å². The number of hydrogen-bond acceptors (Lipinski definition) is 3. The average molecular weight is 337 g/mol. The lowest BCUT2D eigenvalue weighted by atomic mass is 9.81. The Morgan fingerprint density at radius 1 is 1.29 bits per heavy atom. The van der Waals surface area contributed by atoms with Crippen molar-refractivity contribution in [2.75, 3.05) is 0 Å². The van der Waals surface area contributed by atoms with Gasteiger partial charge in [-0.15, -0.1) is 0 Å². The van der Waals surface area contributed by atoms with Crippen LogP contribution in [0, 0.1) is 0 Å². The molecule has 0 spiro atoms. The molecule has 0 atom stereocenters. The highest BCUT2D eigenvalue weighted by Gasteiger charge is 2.36. The first-order chi connectivity index (χ1) is 11.1. The van der Waals surface area contributed by atoms with Gasteiger partial charge >= 0.3 is 5.97 Å². The number of hydrogen-bond donors (Lipinski definition) is 1. The van der Waals surface area contributed by atoms with Gasteiger partial charge in [0.15, 0.2) is 5.58 Å². The van der Waals surface area contributed by atoms with Crippen molar-refractivity contribution in [1.29, 1.82) is 0 Å². The fourth-order valence-electron chi connectivity index (χ4n) is 3.25. The van der Waals surface area contributed by atoms with Gasteiger partial charge in [-0.2, -0.15) is 0 Å². The molecule has 0 radical (unpaired) electrons. The van der Waals surface area contributed by atoms with E-state index in [0.29, 0.717) is 23.9 Å². The van der Waals surface area contributed by atoms with E-state index in [9.17, 15) is 13.6 Å². The molecule has 0 bridgehead atoms. The second-order valence-electron chi connectivity index (χ2n) is 7.61. The molecule has 0 aromatic carbocycles. The van der Waals surface area contributed by atoms with E-state index < -0.39 is 11.9 Å². The fraction of sp³-hybridized carbons (Fsp3) is 0.556. The lowest BCUT2D eigenvalue weighted by Gasteiger charge is -2.29. The number of aromatic nitrogens is 1. The van der Waals surface area contributed by atoms with Crippen LogP contribution in [-0.4, -0.2) is 22.0 Å². The molecule has 2 heterocycles. The van der Waals surface area contributed by atoms with Crippen molar-refractivity contribution >= 4 is 17.1 Å². The molecule has 1 fully saturated rings. The van der Waals surface area contributed by atoms with Crippen LogP contribution in [0.4, 0.5) is 8.78 Å². The number of carboxylic acids is 1. The smallest absolute Gasteiger partial charge is 0.371 e. The molecule has 4 nitrogen and oxygen atoms in total. The summed E-state index contributed by atoms with van der Waals surface area (Å²) in [4.78, 5) is 15.7. The Morgan fingerprint density at radius 2 is 1.92 bits per heavy atom. The Bertz CT molecular complexity index is 779. The molecule has 3 rings (SSSR count). The molecule has 0 amide bonds. The monoisotopic (exact) mass is 337 g/mol. The van der Waals surface area contributed by atoms with Gasteiger partial charge in [0.25, 0.3) is 0 Å². The Hall–Kier alpha value is -1.98. The Balaban J connectivity index is 2.08. The molecular formula is C18H21F2NO3. The van der Waals surface area contributed by atoms with Crippen molar-refractivity contribution in [1.82, 2.24) is 4.98 Å². The summed E-state index contributed by atoms with van der Waals surface area (Å²) in [5, 5.41) is 9.15. The number of alkyl halides is 2. The van der Waals surface area contributed by atoms with E-state index in [1.807, 2.05) is 26.8 Å². The normalized spacial score (nSPS) is 18.9. The van der Waals surface area contributed by atoms with Crippen molar-refractivity contribution in [2.45, 2.75) is 63.7 Å². The summed E-state index contributed by atoms with van der Waals surface area (Å²) in [6, 6.07) is 3.30. The van der Waals surface area contributed by atoms with Gasteiger partial charge in [0, 0.05) is 36.1 Å². The fourth-order valence-corrected chi connectivity index (χ4v) is 3.25. The van der Waals surface area contributed by atoms with Crippen LogP contribution in [-0.2, 0) is 5.41 Å². The Morgan fingerprint density at radius 3 is 2.46 bits per heavy atom. The quantitative estimate of drug-likeness (QED) is 0.826. The largest absolute Gasteiger partial charge is 0.475 e. The van der Waals surface area contributed by atoms with E-state index in [0.717, 1.165) is 11.3 Å². The zero-order chi connectivity index (χ0) is 17.7. The average Bonchev–Trinajstić information content (AvgIpc) is 2.89. The summed E-state index contributed by atoms with van der Waals surface area (Å²) in [7, 11) is 0. The molecule has 0 saturated heterocycles. The highest BCUT2D eigenvalue weighted by molar-refractivity contribution is 5.91. The molecule has 2 aromatic rings. The third kappa shape index (κ3) is 3.14. The molecular weight excluding hydrogens is 316 g/mol. The minimum Gasteiger partial charge on any atom is -0.475 e. The maximum absolute atomic E-state index is 13.4. The van der Waals surface area contributed by atoms with E-state index >= 15 is 0 Å². The van der Waals surface area contributed by atoms with Crippen LogP contribution in [0.1, 0.15) is 74.2 Å². The van der Waals surface area contributed by atoms with E-state index in [2.05, 4.69) is 4.98 Å². The van der Waals surface area contributed by atoms with Gasteiger partial charge in [-0.1, -0.05) is 20.8 Å². The number of pyridine rings is 1. The molecule has 6 heteroatoms. The molecule has 1 aliphatic carbocycles. The molecule has 0 unspecified atom stereocenters. The number of furan rings is 1. The third-order valence-electron chi connectivity index (χ3n) is 4.65. The van der Waals surface area contributed by atoms with Crippen LogP contribution in [0.2, 0.25) is 0 Å². The zero-order valence-electron chi connectivity index (χ0n) is 14.0. The Labute approximate surface area is 138 Å². The lowest BCUT2D eigenvalue weighted by Crippen LogP contribution is -2.24. The highest BCUT2D eigenvalue weighted by atomic mass is 19.3. The van der Waals surface area contributed by atoms with Crippen LogP contribution < -0.4 is 0 Å². The maximum Gasteiger partial charge on any atom is 0.371 e. The highest BCUT2D eigenvalue weighted by Crippen LogP contribution is 2.42. The number of rotatable bonds is 2. The van der Waals surface area contributed by atoms with Crippen LogP contribution in [0.5, 0.6) is 0 Å². The number of fused-ring (bicyclic) bond motifs is 1. The summed E-state index contributed by atoms with van der Waals surface area (Å²) in [6.45, 7) is 6.01. The van der Waals surface area contributed by atoms with Gasteiger partial charge in [-0.25, -0.2) is 18.6 Å². The first-order valence-electron chi connectivity index (χ1n) is 8.13. The van der Waals surface area contributed by atoms with Crippen molar-refractivity contribution in [2.24, 2.45) is 0 Å². The lowest BCUT2D eigenvalue weighted by molar-refractivity contribution is -0.0384. The maximum atomic E-state index is 13.4. The second kappa shape index (κ2) is 5.53. The van der Waals surface area contributed by atoms with Crippen LogP contribution in [0.15, 0.2) is 16.5 Å². The number of aromatic carboxylic acids is 1. The minimum absolute atomic E-state index is 0.0293. The van der Waals surface area contributed by atoms with Gasteiger partial charge in [0.1, 0.15) is 5.52 Å². The summed E-state index contributed by atoms with van der Waals surface area (Å²) in [5.74, 6) is -3.92. The van der Waals surface area contributed by atoms with Crippen LogP contribution in [0.3, 0.4) is 0 Å². The number of halogens is 2. The topological polar surface area (TPSA) is 63.3 Å². The number of carboxylic acid groups (broad SMARTS) is 1. The van der Waals surface area contributed by atoms with Crippen molar-refractivity contribution in [3.05, 3.63) is 29.2 Å².